The second kappa shape index (κ2) is 5.00. The van der Waals surface area contributed by atoms with Crippen LogP contribution in [0.2, 0.25) is 0 Å². The lowest BCUT2D eigenvalue weighted by atomic mass is 10.0. The molecule has 0 radical (unpaired) electrons. The molecule has 4 heteroatoms. The Hall–Kier alpha value is -3.14. The minimum Gasteiger partial charge on any atom is -0.508 e. The van der Waals surface area contributed by atoms with Crippen LogP contribution in [0, 0.1) is 0 Å². The standard InChI is InChI=1S/C18H13N3O/c22-16-3-1-2-14(8-16)15-9-17(13-4-6-19-7-5-13)18-10-20-12-21(18)11-15/h1-12,22H. The zero-order valence-electron chi connectivity index (χ0n) is 11.7. The smallest absolute Gasteiger partial charge is 0.116 e. The van der Waals surface area contributed by atoms with E-state index in [-0.39, 0.29) is 5.75 Å². The third kappa shape index (κ3) is 2.11. The highest BCUT2D eigenvalue weighted by molar-refractivity contribution is 5.84. The van der Waals surface area contributed by atoms with Gasteiger partial charge in [0.15, 0.2) is 0 Å². The Bertz CT molecular complexity index is 945. The summed E-state index contributed by atoms with van der Waals surface area (Å²) >= 11 is 0. The van der Waals surface area contributed by atoms with Crippen LogP contribution in [0.3, 0.4) is 0 Å². The van der Waals surface area contributed by atoms with E-state index in [1.807, 2.05) is 41.1 Å². The van der Waals surface area contributed by atoms with Gasteiger partial charge in [0.1, 0.15) is 5.75 Å². The van der Waals surface area contributed by atoms with Crippen molar-refractivity contribution in [1.82, 2.24) is 14.4 Å². The van der Waals surface area contributed by atoms with E-state index in [0.717, 1.165) is 27.8 Å². The van der Waals surface area contributed by atoms with Gasteiger partial charge >= 0.3 is 0 Å². The SMILES string of the molecule is Oc1cccc(-c2cc(-c3ccncc3)c3cncn3c2)c1. The monoisotopic (exact) mass is 287 g/mol. The third-order valence-electron chi connectivity index (χ3n) is 3.69. The van der Waals surface area contributed by atoms with Crippen molar-refractivity contribution in [2.24, 2.45) is 0 Å². The highest BCUT2D eigenvalue weighted by atomic mass is 16.3. The van der Waals surface area contributed by atoms with Crippen LogP contribution < -0.4 is 0 Å². The highest BCUT2D eigenvalue weighted by Crippen LogP contribution is 2.31. The highest BCUT2D eigenvalue weighted by Gasteiger charge is 2.09. The van der Waals surface area contributed by atoms with Gasteiger partial charge in [-0.1, -0.05) is 12.1 Å². The van der Waals surface area contributed by atoms with Crippen molar-refractivity contribution in [3.63, 3.8) is 0 Å². The molecule has 4 aromatic rings. The summed E-state index contributed by atoms with van der Waals surface area (Å²) in [6, 6.07) is 13.3. The summed E-state index contributed by atoms with van der Waals surface area (Å²) in [5.74, 6) is 0.258. The van der Waals surface area contributed by atoms with Gasteiger partial charge in [0.2, 0.25) is 0 Å². The van der Waals surface area contributed by atoms with E-state index in [1.165, 1.54) is 0 Å². The van der Waals surface area contributed by atoms with Crippen molar-refractivity contribution in [1.29, 1.82) is 0 Å². The number of benzene rings is 1. The van der Waals surface area contributed by atoms with Crippen LogP contribution in [0.15, 0.2) is 73.6 Å². The Labute approximate surface area is 127 Å². The Morgan fingerprint density at radius 3 is 2.55 bits per heavy atom. The van der Waals surface area contributed by atoms with E-state index in [1.54, 1.807) is 30.9 Å². The molecule has 0 unspecified atom stereocenters. The lowest BCUT2D eigenvalue weighted by Gasteiger charge is -2.09. The minimum atomic E-state index is 0.258. The zero-order valence-corrected chi connectivity index (χ0v) is 11.7. The number of imidazole rings is 1. The Balaban J connectivity index is 1.98. The Morgan fingerprint density at radius 2 is 1.73 bits per heavy atom. The predicted molar refractivity (Wildman–Crippen MR) is 85.5 cm³/mol. The number of phenolic OH excluding ortho intramolecular Hbond substituents is 1. The van der Waals surface area contributed by atoms with E-state index in [2.05, 4.69) is 16.0 Å². The van der Waals surface area contributed by atoms with Gasteiger partial charge < -0.3 is 9.51 Å². The second-order valence-electron chi connectivity index (χ2n) is 5.11. The molecule has 0 saturated carbocycles. The molecule has 0 aliphatic carbocycles. The molecule has 22 heavy (non-hydrogen) atoms. The van der Waals surface area contributed by atoms with Gasteiger partial charge in [-0.2, -0.15) is 0 Å². The largest absolute Gasteiger partial charge is 0.508 e. The van der Waals surface area contributed by atoms with Crippen molar-refractivity contribution in [3.05, 3.63) is 73.6 Å². The van der Waals surface area contributed by atoms with Gasteiger partial charge in [-0.05, 0) is 47.0 Å². The molecular weight excluding hydrogens is 274 g/mol. The predicted octanol–water partition coefficient (Wildman–Crippen LogP) is 3.77. The maximum absolute atomic E-state index is 9.71. The van der Waals surface area contributed by atoms with E-state index in [9.17, 15) is 5.11 Å². The summed E-state index contributed by atoms with van der Waals surface area (Å²) in [6.45, 7) is 0. The van der Waals surface area contributed by atoms with Crippen LogP contribution in [-0.2, 0) is 0 Å². The first kappa shape index (κ1) is 12.6. The molecule has 106 valence electrons. The molecule has 0 saturated heterocycles. The molecular formula is C18H13N3O. The summed E-state index contributed by atoms with van der Waals surface area (Å²) < 4.78 is 2.00. The number of fused-ring (bicyclic) bond motifs is 1. The summed E-state index contributed by atoms with van der Waals surface area (Å²) in [5, 5.41) is 9.71. The molecule has 0 amide bonds. The van der Waals surface area contributed by atoms with Gasteiger partial charge in [0.05, 0.1) is 18.0 Å². The first-order valence-corrected chi connectivity index (χ1v) is 6.97. The molecule has 0 atom stereocenters. The average molecular weight is 287 g/mol. The molecule has 3 heterocycles. The average Bonchev–Trinajstić information content (AvgIpc) is 3.03. The molecule has 1 aromatic carbocycles. The first-order chi connectivity index (χ1) is 10.8. The second-order valence-corrected chi connectivity index (χ2v) is 5.11. The number of rotatable bonds is 2. The van der Waals surface area contributed by atoms with Gasteiger partial charge in [-0.3, -0.25) is 4.98 Å². The lowest BCUT2D eigenvalue weighted by molar-refractivity contribution is 0.475. The molecule has 0 aliphatic heterocycles. The number of hydrogen-bond donors (Lipinski definition) is 1. The maximum atomic E-state index is 9.71. The fourth-order valence-corrected chi connectivity index (χ4v) is 2.64. The van der Waals surface area contributed by atoms with Gasteiger partial charge in [-0.25, -0.2) is 4.98 Å². The molecule has 1 N–H and O–H groups in total. The fraction of sp³-hybridized carbons (Fsp3) is 0. The maximum Gasteiger partial charge on any atom is 0.116 e. The number of nitrogens with zero attached hydrogens (tertiary/aromatic N) is 3. The van der Waals surface area contributed by atoms with E-state index in [0.29, 0.717) is 0 Å². The van der Waals surface area contributed by atoms with Crippen molar-refractivity contribution < 1.29 is 5.11 Å². The van der Waals surface area contributed by atoms with E-state index < -0.39 is 0 Å². The van der Waals surface area contributed by atoms with Crippen molar-refractivity contribution in [2.75, 3.05) is 0 Å². The normalized spacial score (nSPS) is 10.9. The Kier molecular flexibility index (Phi) is 2.86. The molecule has 3 aromatic heterocycles. The van der Waals surface area contributed by atoms with Crippen molar-refractivity contribution in [2.45, 2.75) is 0 Å². The minimum absolute atomic E-state index is 0.258. The van der Waals surface area contributed by atoms with Crippen LogP contribution in [-0.4, -0.2) is 19.5 Å². The van der Waals surface area contributed by atoms with E-state index in [4.69, 9.17) is 0 Å². The van der Waals surface area contributed by atoms with Crippen LogP contribution in [0.4, 0.5) is 0 Å². The number of aromatic hydroxyl groups is 1. The zero-order chi connectivity index (χ0) is 14.9. The van der Waals surface area contributed by atoms with E-state index >= 15 is 0 Å². The molecule has 0 bridgehead atoms. The number of pyridine rings is 2. The van der Waals surface area contributed by atoms with Crippen LogP contribution in [0.1, 0.15) is 0 Å². The van der Waals surface area contributed by atoms with Gasteiger partial charge in [0, 0.05) is 24.2 Å². The molecule has 0 spiro atoms. The molecule has 4 nitrogen and oxygen atoms in total. The summed E-state index contributed by atoms with van der Waals surface area (Å²) in [6.07, 6.45) is 9.21. The first-order valence-electron chi connectivity index (χ1n) is 6.97. The number of phenols is 1. The van der Waals surface area contributed by atoms with Crippen molar-refractivity contribution >= 4 is 5.52 Å². The van der Waals surface area contributed by atoms with Crippen molar-refractivity contribution in [3.8, 4) is 28.0 Å². The molecule has 0 fully saturated rings. The van der Waals surface area contributed by atoms with Gasteiger partial charge in [0.25, 0.3) is 0 Å². The summed E-state index contributed by atoms with van der Waals surface area (Å²) in [4.78, 5) is 8.31. The quantitative estimate of drug-likeness (QED) is 0.610. The third-order valence-corrected chi connectivity index (χ3v) is 3.69. The summed E-state index contributed by atoms with van der Waals surface area (Å²) in [5.41, 5.74) is 5.19. The summed E-state index contributed by atoms with van der Waals surface area (Å²) in [7, 11) is 0. The number of hydrogen-bond acceptors (Lipinski definition) is 3. The molecule has 0 aliphatic rings. The van der Waals surface area contributed by atoms with Crippen LogP contribution >= 0.6 is 0 Å². The fourth-order valence-electron chi connectivity index (χ4n) is 2.64. The van der Waals surface area contributed by atoms with Crippen LogP contribution in [0.5, 0.6) is 5.75 Å². The topological polar surface area (TPSA) is 50.4 Å². The number of aromatic nitrogens is 3. The van der Waals surface area contributed by atoms with Crippen LogP contribution in [0.25, 0.3) is 27.8 Å². The van der Waals surface area contributed by atoms with Gasteiger partial charge in [-0.15, -0.1) is 0 Å². The Morgan fingerprint density at radius 1 is 0.864 bits per heavy atom. The molecule has 4 rings (SSSR count). The lowest BCUT2D eigenvalue weighted by Crippen LogP contribution is -1.90.